The Bertz CT molecular complexity index is 622. The Kier molecular flexibility index (Phi) is 4.61. The second-order valence-electron chi connectivity index (χ2n) is 5.04. The van der Waals surface area contributed by atoms with E-state index in [0.29, 0.717) is 0 Å². The molecule has 1 aromatic heterocycles. The molecular formula is C17H19NOS. The van der Waals surface area contributed by atoms with Crippen LogP contribution in [0.3, 0.4) is 0 Å². The number of pyridine rings is 1. The smallest absolute Gasteiger partial charge is 0.176 e. The number of aryl methyl sites for hydroxylation is 3. The molecule has 0 fully saturated rings. The maximum absolute atomic E-state index is 12.6. The van der Waals surface area contributed by atoms with Crippen LogP contribution in [0.5, 0.6) is 0 Å². The number of hydrogen-bond acceptors (Lipinski definition) is 3. The minimum absolute atomic E-state index is 0.134. The normalized spacial score (nSPS) is 12.2. The van der Waals surface area contributed by atoms with Crippen molar-refractivity contribution in [3.05, 3.63) is 58.8 Å². The van der Waals surface area contributed by atoms with Crippen molar-refractivity contribution in [2.24, 2.45) is 0 Å². The van der Waals surface area contributed by atoms with Crippen LogP contribution in [0.15, 0.2) is 41.6 Å². The number of carbonyl (C=O) groups excluding carboxylic acids is 1. The highest BCUT2D eigenvalue weighted by Gasteiger charge is 2.19. The van der Waals surface area contributed by atoms with Gasteiger partial charge in [-0.05, 0) is 62.6 Å². The highest BCUT2D eigenvalue weighted by molar-refractivity contribution is 8.00. The molecule has 2 rings (SSSR count). The van der Waals surface area contributed by atoms with Crippen molar-refractivity contribution in [1.82, 2.24) is 4.98 Å². The molecule has 0 aliphatic heterocycles. The van der Waals surface area contributed by atoms with Gasteiger partial charge in [-0.15, -0.1) is 0 Å². The minimum Gasteiger partial charge on any atom is -0.293 e. The van der Waals surface area contributed by atoms with Crippen molar-refractivity contribution in [2.75, 3.05) is 0 Å². The number of benzene rings is 1. The monoisotopic (exact) mass is 285 g/mol. The summed E-state index contributed by atoms with van der Waals surface area (Å²) in [7, 11) is 0. The molecule has 0 radical (unpaired) electrons. The first-order chi connectivity index (χ1) is 9.49. The molecule has 20 heavy (non-hydrogen) atoms. The quantitative estimate of drug-likeness (QED) is 0.617. The van der Waals surface area contributed by atoms with Gasteiger partial charge in [0.1, 0.15) is 0 Å². The second-order valence-corrected chi connectivity index (χ2v) is 6.40. The molecular weight excluding hydrogens is 266 g/mol. The lowest BCUT2D eigenvalue weighted by Crippen LogP contribution is -2.15. The number of nitrogens with zero attached hydrogens (tertiary/aromatic N) is 1. The third-order valence-electron chi connectivity index (χ3n) is 3.41. The van der Waals surface area contributed by atoms with E-state index in [-0.39, 0.29) is 11.0 Å². The Labute approximate surface area is 124 Å². The SMILES string of the molecule is Cc1cc(C)c(C(=O)C(C)Sc2ccccn2)cc1C. The lowest BCUT2D eigenvalue weighted by molar-refractivity contribution is 0.0993. The van der Waals surface area contributed by atoms with Crippen LogP contribution in [0.4, 0.5) is 0 Å². The molecule has 0 saturated heterocycles. The third kappa shape index (κ3) is 3.28. The zero-order chi connectivity index (χ0) is 14.7. The van der Waals surface area contributed by atoms with Gasteiger partial charge < -0.3 is 0 Å². The average molecular weight is 285 g/mol. The molecule has 1 aromatic carbocycles. The fourth-order valence-electron chi connectivity index (χ4n) is 2.10. The topological polar surface area (TPSA) is 30.0 Å². The summed E-state index contributed by atoms with van der Waals surface area (Å²) < 4.78 is 0. The second kappa shape index (κ2) is 6.23. The van der Waals surface area contributed by atoms with Crippen LogP contribution in [0.25, 0.3) is 0 Å². The predicted octanol–water partition coefficient (Wildman–Crippen LogP) is 4.37. The molecule has 0 spiro atoms. The van der Waals surface area contributed by atoms with Crippen molar-refractivity contribution >= 4 is 17.5 Å². The summed E-state index contributed by atoms with van der Waals surface area (Å²) in [5, 5.41) is 0.751. The summed E-state index contributed by atoms with van der Waals surface area (Å²) >= 11 is 1.50. The average Bonchev–Trinajstić information content (AvgIpc) is 2.43. The molecule has 1 heterocycles. The number of carbonyl (C=O) groups is 1. The fourth-order valence-corrected chi connectivity index (χ4v) is 2.97. The molecule has 0 N–H and O–H groups in total. The Balaban J connectivity index is 2.21. The van der Waals surface area contributed by atoms with E-state index < -0.39 is 0 Å². The maximum atomic E-state index is 12.6. The van der Waals surface area contributed by atoms with Gasteiger partial charge in [-0.25, -0.2) is 4.98 Å². The van der Waals surface area contributed by atoms with E-state index in [2.05, 4.69) is 18.0 Å². The Hall–Kier alpha value is -1.61. The van der Waals surface area contributed by atoms with E-state index in [0.717, 1.165) is 21.7 Å². The first-order valence-corrected chi connectivity index (χ1v) is 7.56. The van der Waals surface area contributed by atoms with E-state index in [1.54, 1.807) is 6.20 Å². The molecule has 2 aromatic rings. The van der Waals surface area contributed by atoms with Gasteiger partial charge in [0.15, 0.2) is 5.78 Å². The van der Waals surface area contributed by atoms with Crippen molar-refractivity contribution in [3.63, 3.8) is 0 Å². The van der Waals surface area contributed by atoms with E-state index in [9.17, 15) is 4.79 Å². The van der Waals surface area contributed by atoms with E-state index in [1.807, 2.05) is 45.0 Å². The number of ketones is 1. The van der Waals surface area contributed by atoms with Crippen molar-refractivity contribution in [1.29, 1.82) is 0 Å². The van der Waals surface area contributed by atoms with Crippen LogP contribution in [0.2, 0.25) is 0 Å². The Morgan fingerprint density at radius 1 is 1.10 bits per heavy atom. The summed E-state index contributed by atoms with van der Waals surface area (Å²) in [5.41, 5.74) is 4.26. The summed E-state index contributed by atoms with van der Waals surface area (Å²) in [6, 6.07) is 9.84. The molecule has 1 atom stereocenters. The van der Waals surface area contributed by atoms with Gasteiger partial charge in [0, 0.05) is 11.8 Å². The van der Waals surface area contributed by atoms with Gasteiger partial charge in [0.25, 0.3) is 0 Å². The molecule has 3 heteroatoms. The van der Waals surface area contributed by atoms with E-state index >= 15 is 0 Å². The lowest BCUT2D eigenvalue weighted by Gasteiger charge is -2.13. The molecule has 0 aliphatic carbocycles. The number of rotatable bonds is 4. The number of hydrogen-bond donors (Lipinski definition) is 0. The zero-order valence-electron chi connectivity index (χ0n) is 12.3. The first-order valence-electron chi connectivity index (χ1n) is 6.69. The summed E-state index contributed by atoms with van der Waals surface area (Å²) in [6.45, 7) is 8.05. The third-order valence-corrected chi connectivity index (χ3v) is 4.46. The zero-order valence-corrected chi connectivity index (χ0v) is 13.1. The van der Waals surface area contributed by atoms with Gasteiger partial charge >= 0.3 is 0 Å². The van der Waals surface area contributed by atoms with Gasteiger partial charge in [0.05, 0.1) is 10.3 Å². The van der Waals surface area contributed by atoms with Gasteiger partial charge in [0.2, 0.25) is 0 Å². The highest BCUT2D eigenvalue weighted by atomic mass is 32.2. The van der Waals surface area contributed by atoms with Crippen LogP contribution in [-0.4, -0.2) is 16.0 Å². The maximum Gasteiger partial charge on any atom is 0.176 e. The number of thioether (sulfide) groups is 1. The molecule has 0 amide bonds. The molecule has 104 valence electrons. The number of aromatic nitrogens is 1. The van der Waals surface area contributed by atoms with Gasteiger partial charge in [-0.1, -0.05) is 23.9 Å². The molecule has 0 saturated carbocycles. The molecule has 1 unspecified atom stereocenters. The number of Topliss-reactive ketones (excluding diaryl/α,β-unsaturated/α-hetero) is 1. The van der Waals surface area contributed by atoms with Crippen molar-refractivity contribution < 1.29 is 4.79 Å². The minimum atomic E-state index is -0.134. The van der Waals surface area contributed by atoms with Crippen LogP contribution < -0.4 is 0 Å². The van der Waals surface area contributed by atoms with Crippen LogP contribution in [-0.2, 0) is 0 Å². The molecule has 0 aliphatic rings. The first kappa shape index (κ1) is 14.8. The van der Waals surface area contributed by atoms with Crippen molar-refractivity contribution in [2.45, 2.75) is 38.0 Å². The standard InChI is InChI=1S/C17H19NOS/c1-11-9-13(3)15(10-12(11)2)17(19)14(4)20-16-7-5-6-8-18-16/h5-10,14H,1-4H3. The fraction of sp³-hybridized carbons (Fsp3) is 0.294. The Morgan fingerprint density at radius 2 is 1.80 bits per heavy atom. The highest BCUT2D eigenvalue weighted by Crippen LogP contribution is 2.25. The summed E-state index contributed by atoms with van der Waals surface area (Å²) in [5.74, 6) is 0.168. The van der Waals surface area contributed by atoms with E-state index in [1.165, 1.54) is 17.3 Å². The van der Waals surface area contributed by atoms with Crippen molar-refractivity contribution in [3.8, 4) is 0 Å². The van der Waals surface area contributed by atoms with Crippen LogP contribution in [0, 0.1) is 20.8 Å². The van der Waals surface area contributed by atoms with Gasteiger partial charge in [-0.2, -0.15) is 0 Å². The molecule has 0 bridgehead atoms. The van der Waals surface area contributed by atoms with E-state index in [4.69, 9.17) is 0 Å². The predicted molar refractivity (Wildman–Crippen MR) is 84.5 cm³/mol. The largest absolute Gasteiger partial charge is 0.293 e. The summed E-state index contributed by atoms with van der Waals surface area (Å²) in [6.07, 6.45) is 1.75. The Morgan fingerprint density at radius 3 is 2.45 bits per heavy atom. The lowest BCUT2D eigenvalue weighted by atomic mass is 9.97. The van der Waals surface area contributed by atoms with Crippen LogP contribution >= 0.6 is 11.8 Å². The molecule has 2 nitrogen and oxygen atoms in total. The summed E-state index contributed by atoms with van der Waals surface area (Å²) in [4.78, 5) is 16.8. The van der Waals surface area contributed by atoms with Crippen LogP contribution in [0.1, 0.15) is 34.0 Å². The van der Waals surface area contributed by atoms with Gasteiger partial charge in [-0.3, -0.25) is 4.79 Å².